The summed E-state index contributed by atoms with van der Waals surface area (Å²) in [4.78, 5) is 8.58. The van der Waals surface area contributed by atoms with Gasteiger partial charge >= 0.3 is 0 Å². The van der Waals surface area contributed by atoms with Crippen LogP contribution in [-0.2, 0) is 0 Å². The van der Waals surface area contributed by atoms with E-state index < -0.39 is 0 Å². The van der Waals surface area contributed by atoms with Crippen LogP contribution in [0.25, 0.3) is 6.08 Å². The Morgan fingerprint density at radius 1 is 1.33 bits per heavy atom. The van der Waals surface area contributed by atoms with Crippen molar-refractivity contribution in [2.45, 2.75) is 59.4 Å². The van der Waals surface area contributed by atoms with Crippen LogP contribution in [-0.4, -0.2) is 30.7 Å². The predicted molar refractivity (Wildman–Crippen MR) is 94.3 cm³/mol. The number of rotatable bonds is 6. The van der Waals surface area contributed by atoms with Gasteiger partial charge in [-0.3, -0.25) is 0 Å². The number of nitrogens with zero attached hydrogens (tertiary/aromatic N) is 2. The number of nitrogens with one attached hydrogen (secondary N) is 1. The normalized spacial score (nSPS) is 16.8. The van der Waals surface area contributed by atoms with Gasteiger partial charge in [-0.2, -0.15) is 0 Å². The van der Waals surface area contributed by atoms with Crippen LogP contribution in [0.4, 0.5) is 5.13 Å². The van der Waals surface area contributed by atoms with E-state index in [4.69, 9.17) is 4.98 Å². The first kappa shape index (κ1) is 16.5. The minimum Gasteiger partial charge on any atom is -0.348 e. The van der Waals surface area contributed by atoms with Gasteiger partial charge in [-0.25, -0.2) is 4.98 Å². The molecule has 1 aromatic rings. The van der Waals surface area contributed by atoms with Gasteiger partial charge in [0.1, 0.15) is 0 Å². The van der Waals surface area contributed by atoms with Crippen molar-refractivity contribution in [3.8, 4) is 0 Å². The van der Waals surface area contributed by atoms with Crippen molar-refractivity contribution in [2.75, 3.05) is 24.5 Å². The molecule has 1 fully saturated rings. The number of aromatic nitrogens is 1. The Balaban J connectivity index is 2.09. The second kappa shape index (κ2) is 7.95. The van der Waals surface area contributed by atoms with Gasteiger partial charge < -0.3 is 10.2 Å². The van der Waals surface area contributed by atoms with Crippen molar-refractivity contribution < 1.29 is 0 Å². The summed E-state index contributed by atoms with van der Waals surface area (Å²) < 4.78 is 0. The molecule has 21 heavy (non-hydrogen) atoms. The monoisotopic (exact) mass is 307 g/mol. The van der Waals surface area contributed by atoms with Crippen molar-refractivity contribution in [1.82, 2.24) is 10.3 Å². The largest absolute Gasteiger partial charge is 0.348 e. The summed E-state index contributed by atoms with van der Waals surface area (Å²) in [5.74, 6) is 0. The molecule has 118 valence electrons. The molecule has 2 rings (SSSR count). The van der Waals surface area contributed by atoms with E-state index in [1.807, 2.05) is 11.3 Å². The number of anilines is 1. The summed E-state index contributed by atoms with van der Waals surface area (Å²) in [5, 5.41) is 4.73. The van der Waals surface area contributed by atoms with Crippen LogP contribution >= 0.6 is 11.3 Å². The number of aryl methyl sites for hydroxylation is 1. The van der Waals surface area contributed by atoms with Gasteiger partial charge in [0.25, 0.3) is 0 Å². The number of piperidine rings is 1. The van der Waals surface area contributed by atoms with E-state index >= 15 is 0 Å². The van der Waals surface area contributed by atoms with E-state index in [2.05, 4.69) is 44.0 Å². The second-order valence-electron chi connectivity index (χ2n) is 6.19. The molecule has 1 N–H and O–H groups in total. The fourth-order valence-corrected chi connectivity index (χ4v) is 3.66. The third-order valence-electron chi connectivity index (χ3n) is 3.97. The Bertz CT molecular complexity index is 470. The van der Waals surface area contributed by atoms with E-state index in [9.17, 15) is 0 Å². The minimum absolute atomic E-state index is 0.534. The SMILES string of the molecule is CCC(=Cc1sc(N2CCCCC2)nc1C)CNC(C)C. The van der Waals surface area contributed by atoms with Crippen LogP contribution in [0.3, 0.4) is 0 Å². The van der Waals surface area contributed by atoms with Crippen LogP contribution in [0.15, 0.2) is 5.57 Å². The summed E-state index contributed by atoms with van der Waals surface area (Å²) >= 11 is 1.85. The van der Waals surface area contributed by atoms with Gasteiger partial charge in [-0.05, 0) is 38.7 Å². The number of hydrogen-bond acceptors (Lipinski definition) is 4. The van der Waals surface area contributed by atoms with Gasteiger partial charge in [0.05, 0.1) is 10.6 Å². The van der Waals surface area contributed by atoms with E-state index in [0.717, 1.165) is 13.0 Å². The van der Waals surface area contributed by atoms with Crippen LogP contribution in [0, 0.1) is 6.92 Å². The third-order valence-corrected chi connectivity index (χ3v) is 5.14. The standard InChI is InChI=1S/C17H29N3S/c1-5-15(12-18-13(2)3)11-16-14(4)19-17(21-16)20-9-7-6-8-10-20/h11,13,18H,5-10,12H2,1-4H3. The van der Waals surface area contributed by atoms with Crippen LogP contribution in [0.1, 0.15) is 57.0 Å². The lowest BCUT2D eigenvalue weighted by Crippen LogP contribution is -2.29. The highest BCUT2D eigenvalue weighted by atomic mass is 32.1. The highest BCUT2D eigenvalue weighted by Crippen LogP contribution is 2.30. The Morgan fingerprint density at radius 2 is 2.05 bits per heavy atom. The molecule has 1 saturated heterocycles. The quantitative estimate of drug-likeness (QED) is 0.852. The van der Waals surface area contributed by atoms with Crippen molar-refractivity contribution in [3.05, 3.63) is 16.1 Å². The Kier molecular flexibility index (Phi) is 6.24. The molecule has 1 aromatic heterocycles. The van der Waals surface area contributed by atoms with Crippen LogP contribution < -0.4 is 10.2 Å². The van der Waals surface area contributed by atoms with Crippen molar-refractivity contribution in [1.29, 1.82) is 0 Å². The van der Waals surface area contributed by atoms with E-state index in [-0.39, 0.29) is 0 Å². The summed E-state index contributed by atoms with van der Waals surface area (Å²) in [6, 6.07) is 0.534. The zero-order valence-electron chi connectivity index (χ0n) is 13.9. The van der Waals surface area contributed by atoms with Gasteiger partial charge in [0.15, 0.2) is 5.13 Å². The van der Waals surface area contributed by atoms with Gasteiger partial charge in [0, 0.05) is 25.7 Å². The minimum atomic E-state index is 0.534. The highest BCUT2D eigenvalue weighted by molar-refractivity contribution is 7.16. The molecule has 1 aliphatic heterocycles. The maximum atomic E-state index is 4.80. The molecule has 0 aromatic carbocycles. The predicted octanol–water partition coefficient (Wildman–Crippen LogP) is 4.23. The van der Waals surface area contributed by atoms with Gasteiger partial charge in [-0.15, -0.1) is 0 Å². The fourth-order valence-electron chi connectivity index (χ4n) is 2.55. The maximum Gasteiger partial charge on any atom is 0.186 e. The van der Waals surface area contributed by atoms with Crippen LogP contribution in [0.2, 0.25) is 0 Å². The lowest BCUT2D eigenvalue weighted by molar-refractivity contribution is 0.576. The van der Waals surface area contributed by atoms with E-state index in [1.54, 1.807) is 0 Å². The van der Waals surface area contributed by atoms with Crippen molar-refractivity contribution in [3.63, 3.8) is 0 Å². The topological polar surface area (TPSA) is 28.2 Å². The summed E-state index contributed by atoms with van der Waals surface area (Å²) in [5.41, 5.74) is 2.64. The molecule has 1 aliphatic rings. The average Bonchev–Trinajstić information content (AvgIpc) is 2.85. The lowest BCUT2D eigenvalue weighted by atomic mass is 10.1. The van der Waals surface area contributed by atoms with Crippen molar-refractivity contribution in [2.24, 2.45) is 0 Å². The first-order chi connectivity index (χ1) is 10.1. The van der Waals surface area contributed by atoms with Gasteiger partial charge in [-0.1, -0.05) is 37.7 Å². The summed E-state index contributed by atoms with van der Waals surface area (Å²) in [6.45, 7) is 12.1. The summed E-state index contributed by atoms with van der Waals surface area (Å²) in [6.07, 6.45) is 7.42. The van der Waals surface area contributed by atoms with Crippen LogP contribution in [0.5, 0.6) is 0 Å². The van der Waals surface area contributed by atoms with Gasteiger partial charge in [0.2, 0.25) is 0 Å². The molecule has 0 unspecified atom stereocenters. The first-order valence-electron chi connectivity index (χ1n) is 8.25. The molecule has 0 atom stereocenters. The smallest absolute Gasteiger partial charge is 0.186 e. The molecule has 0 amide bonds. The molecule has 0 radical (unpaired) electrons. The molecular weight excluding hydrogens is 278 g/mol. The average molecular weight is 308 g/mol. The lowest BCUT2D eigenvalue weighted by Gasteiger charge is -2.25. The Labute approximate surface area is 133 Å². The molecule has 4 heteroatoms. The number of thiazole rings is 1. The fraction of sp³-hybridized carbons (Fsp3) is 0.706. The molecule has 0 saturated carbocycles. The van der Waals surface area contributed by atoms with E-state index in [0.29, 0.717) is 6.04 Å². The molecule has 2 heterocycles. The molecule has 0 bridgehead atoms. The summed E-state index contributed by atoms with van der Waals surface area (Å²) in [7, 11) is 0. The Hall–Kier alpha value is -0.870. The maximum absolute atomic E-state index is 4.80. The first-order valence-corrected chi connectivity index (χ1v) is 9.07. The highest BCUT2D eigenvalue weighted by Gasteiger charge is 2.16. The molecule has 3 nitrogen and oxygen atoms in total. The molecule has 0 spiro atoms. The Morgan fingerprint density at radius 3 is 2.67 bits per heavy atom. The third kappa shape index (κ3) is 4.82. The molecule has 0 aliphatic carbocycles. The van der Waals surface area contributed by atoms with E-state index in [1.165, 1.54) is 53.6 Å². The molecular formula is C17H29N3S. The zero-order chi connectivity index (χ0) is 15.2. The number of hydrogen-bond donors (Lipinski definition) is 1. The van der Waals surface area contributed by atoms with Crippen molar-refractivity contribution >= 4 is 22.5 Å². The zero-order valence-corrected chi connectivity index (χ0v) is 14.7. The second-order valence-corrected chi connectivity index (χ2v) is 7.19.